The van der Waals surface area contributed by atoms with Crippen molar-refractivity contribution >= 4 is 11.8 Å². The summed E-state index contributed by atoms with van der Waals surface area (Å²) in [6.07, 6.45) is 4.79. The third-order valence-corrected chi connectivity index (χ3v) is 4.72. The summed E-state index contributed by atoms with van der Waals surface area (Å²) >= 11 is 0. The van der Waals surface area contributed by atoms with Crippen molar-refractivity contribution in [1.29, 1.82) is 0 Å². The molecule has 1 unspecified atom stereocenters. The van der Waals surface area contributed by atoms with Crippen molar-refractivity contribution < 1.29 is 14.3 Å². The third-order valence-electron chi connectivity index (χ3n) is 4.72. The topological polar surface area (TPSA) is 61.9 Å². The minimum Gasteiger partial charge on any atom is -0.368 e. The number of hydrogen-bond donors (Lipinski definition) is 1. The minimum atomic E-state index is -0.243. The molecule has 0 bridgehead atoms. The lowest BCUT2D eigenvalue weighted by molar-refractivity contribution is -0.146. The van der Waals surface area contributed by atoms with Gasteiger partial charge in [0.25, 0.3) is 5.91 Å². The number of nitrogens with zero attached hydrogens (tertiary/aromatic N) is 2. The maximum atomic E-state index is 12.4. The molecule has 3 aliphatic rings. The molecule has 0 aliphatic carbocycles. The molecular formula is C15H25N3O3. The Hall–Kier alpha value is -1.14. The average Bonchev–Trinajstić information content (AvgIpc) is 3.09. The van der Waals surface area contributed by atoms with Gasteiger partial charge >= 0.3 is 0 Å². The molecule has 2 atom stereocenters. The molecule has 0 aromatic heterocycles. The van der Waals surface area contributed by atoms with Crippen LogP contribution in [0.5, 0.6) is 0 Å². The van der Waals surface area contributed by atoms with Gasteiger partial charge in [0, 0.05) is 32.8 Å². The van der Waals surface area contributed by atoms with Crippen LogP contribution in [0.2, 0.25) is 0 Å². The molecule has 6 heteroatoms. The SMILES string of the molecule is O=C(C1CCCO1)N1CCN(C(=O)[C@H]2CCCCN2)CC1. The molecule has 3 rings (SSSR count). The van der Waals surface area contributed by atoms with Gasteiger partial charge in [-0.05, 0) is 32.2 Å². The van der Waals surface area contributed by atoms with Gasteiger partial charge in [0.2, 0.25) is 5.91 Å². The number of carbonyl (C=O) groups excluding carboxylic acids is 2. The van der Waals surface area contributed by atoms with Crippen LogP contribution in [0.25, 0.3) is 0 Å². The second-order valence-electron chi connectivity index (χ2n) is 6.15. The summed E-state index contributed by atoms with van der Waals surface area (Å²) in [5.41, 5.74) is 0. The maximum Gasteiger partial charge on any atom is 0.251 e. The highest BCUT2D eigenvalue weighted by Crippen LogP contribution is 2.17. The Morgan fingerprint density at radius 1 is 0.905 bits per heavy atom. The van der Waals surface area contributed by atoms with Crippen LogP contribution in [0.1, 0.15) is 32.1 Å². The maximum absolute atomic E-state index is 12.4. The molecule has 0 radical (unpaired) electrons. The summed E-state index contributed by atoms with van der Waals surface area (Å²) in [4.78, 5) is 28.4. The van der Waals surface area contributed by atoms with E-state index in [1.54, 1.807) is 0 Å². The van der Waals surface area contributed by atoms with Crippen LogP contribution in [0.4, 0.5) is 0 Å². The molecule has 0 saturated carbocycles. The van der Waals surface area contributed by atoms with Gasteiger partial charge in [0.15, 0.2) is 0 Å². The Balaban J connectivity index is 1.48. The van der Waals surface area contributed by atoms with Crippen LogP contribution in [-0.4, -0.2) is 73.1 Å². The summed E-state index contributed by atoms with van der Waals surface area (Å²) in [6, 6.07) is -0.0147. The van der Waals surface area contributed by atoms with Gasteiger partial charge in [0.1, 0.15) is 6.10 Å². The Labute approximate surface area is 125 Å². The highest BCUT2D eigenvalue weighted by Gasteiger charge is 2.33. The van der Waals surface area contributed by atoms with Crippen LogP contribution in [0.3, 0.4) is 0 Å². The van der Waals surface area contributed by atoms with Gasteiger partial charge in [-0.25, -0.2) is 0 Å². The van der Waals surface area contributed by atoms with Crippen molar-refractivity contribution in [1.82, 2.24) is 15.1 Å². The normalized spacial score (nSPS) is 30.5. The van der Waals surface area contributed by atoms with Crippen LogP contribution in [-0.2, 0) is 14.3 Å². The molecule has 118 valence electrons. The number of carbonyl (C=O) groups is 2. The lowest BCUT2D eigenvalue weighted by Gasteiger charge is -2.38. The monoisotopic (exact) mass is 295 g/mol. The summed E-state index contributed by atoms with van der Waals surface area (Å²) < 4.78 is 5.46. The molecule has 0 spiro atoms. The molecule has 2 amide bonds. The fourth-order valence-corrected chi connectivity index (χ4v) is 3.41. The molecule has 0 aromatic carbocycles. The number of amides is 2. The van der Waals surface area contributed by atoms with Gasteiger partial charge < -0.3 is 19.9 Å². The van der Waals surface area contributed by atoms with E-state index in [1.807, 2.05) is 9.80 Å². The quantitative estimate of drug-likeness (QED) is 0.778. The first kappa shape index (κ1) is 14.8. The fraction of sp³-hybridized carbons (Fsp3) is 0.867. The van der Waals surface area contributed by atoms with E-state index in [4.69, 9.17) is 4.74 Å². The van der Waals surface area contributed by atoms with Crippen LogP contribution < -0.4 is 5.32 Å². The minimum absolute atomic E-state index is 0.0147. The van der Waals surface area contributed by atoms with Crippen LogP contribution in [0, 0.1) is 0 Å². The third kappa shape index (κ3) is 3.37. The first-order chi connectivity index (χ1) is 10.3. The van der Waals surface area contributed by atoms with E-state index in [1.165, 1.54) is 0 Å². The lowest BCUT2D eigenvalue weighted by atomic mass is 10.0. The first-order valence-electron chi connectivity index (χ1n) is 8.18. The van der Waals surface area contributed by atoms with Gasteiger partial charge in [-0.15, -0.1) is 0 Å². The predicted octanol–water partition coefficient (Wildman–Crippen LogP) is -0.0217. The van der Waals surface area contributed by atoms with Gasteiger partial charge in [-0.2, -0.15) is 0 Å². The highest BCUT2D eigenvalue weighted by atomic mass is 16.5. The van der Waals surface area contributed by atoms with E-state index in [-0.39, 0.29) is 24.0 Å². The van der Waals surface area contributed by atoms with Crippen molar-refractivity contribution in [3.8, 4) is 0 Å². The number of ether oxygens (including phenoxy) is 1. The summed E-state index contributed by atoms with van der Waals surface area (Å²) in [6.45, 7) is 4.20. The average molecular weight is 295 g/mol. The zero-order valence-corrected chi connectivity index (χ0v) is 12.6. The molecule has 0 aromatic rings. The van der Waals surface area contributed by atoms with Crippen molar-refractivity contribution in [3.05, 3.63) is 0 Å². The van der Waals surface area contributed by atoms with E-state index < -0.39 is 0 Å². The molecule has 3 aliphatic heterocycles. The number of rotatable bonds is 2. The van der Waals surface area contributed by atoms with Gasteiger partial charge in [-0.3, -0.25) is 9.59 Å². The Morgan fingerprint density at radius 2 is 1.62 bits per heavy atom. The summed E-state index contributed by atoms with van der Waals surface area (Å²) in [5, 5.41) is 3.30. The highest BCUT2D eigenvalue weighted by molar-refractivity contribution is 5.83. The number of piperidine rings is 1. The number of piperazine rings is 1. The summed E-state index contributed by atoms with van der Waals surface area (Å²) in [5.74, 6) is 0.314. The summed E-state index contributed by atoms with van der Waals surface area (Å²) in [7, 11) is 0. The van der Waals surface area contributed by atoms with E-state index in [0.717, 1.165) is 38.6 Å². The first-order valence-corrected chi connectivity index (χ1v) is 8.18. The molecule has 1 N–H and O–H groups in total. The van der Waals surface area contributed by atoms with Crippen molar-refractivity contribution in [3.63, 3.8) is 0 Å². The van der Waals surface area contributed by atoms with Gasteiger partial charge in [0.05, 0.1) is 6.04 Å². The second-order valence-corrected chi connectivity index (χ2v) is 6.15. The largest absolute Gasteiger partial charge is 0.368 e. The predicted molar refractivity (Wildman–Crippen MR) is 77.8 cm³/mol. The van der Waals surface area contributed by atoms with E-state index in [2.05, 4.69) is 5.32 Å². The lowest BCUT2D eigenvalue weighted by Crippen LogP contribution is -2.57. The van der Waals surface area contributed by atoms with E-state index >= 15 is 0 Å². The molecule has 3 saturated heterocycles. The Kier molecular flexibility index (Phi) is 4.75. The number of hydrogen-bond acceptors (Lipinski definition) is 4. The number of nitrogens with one attached hydrogen (secondary N) is 1. The second kappa shape index (κ2) is 6.75. The van der Waals surface area contributed by atoms with E-state index in [9.17, 15) is 9.59 Å². The molecule has 3 heterocycles. The van der Waals surface area contributed by atoms with Crippen molar-refractivity contribution in [2.75, 3.05) is 39.3 Å². The standard InChI is InChI=1S/C15H25N3O3/c19-14(12-4-1-2-6-16-12)17-7-9-18(10-8-17)15(20)13-5-3-11-21-13/h12-13,16H,1-11H2/t12-,13?/m1/s1. The molecular weight excluding hydrogens is 270 g/mol. The Bertz CT molecular complexity index is 382. The van der Waals surface area contributed by atoms with Crippen LogP contribution >= 0.6 is 0 Å². The Morgan fingerprint density at radius 3 is 2.19 bits per heavy atom. The molecule has 6 nitrogen and oxygen atoms in total. The van der Waals surface area contributed by atoms with Crippen molar-refractivity contribution in [2.24, 2.45) is 0 Å². The zero-order valence-electron chi connectivity index (χ0n) is 12.6. The van der Waals surface area contributed by atoms with E-state index in [0.29, 0.717) is 32.8 Å². The molecule has 3 fully saturated rings. The molecule has 21 heavy (non-hydrogen) atoms. The fourth-order valence-electron chi connectivity index (χ4n) is 3.41. The van der Waals surface area contributed by atoms with Gasteiger partial charge in [-0.1, -0.05) is 6.42 Å². The smallest absolute Gasteiger partial charge is 0.251 e. The van der Waals surface area contributed by atoms with Crippen LogP contribution in [0.15, 0.2) is 0 Å². The zero-order chi connectivity index (χ0) is 14.7. The van der Waals surface area contributed by atoms with Crippen molar-refractivity contribution in [2.45, 2.75) is 44.2 Å².